The average Bonchev–Trinajstić information content (AvgIpc) is 2.70. The van der Waals surface area contributed by atoms with Crippen molar-refractivity contribution in [2.75, 3.05) is 49.1 Å². The first-order valence-electron chi connectivity index (χ1n) is 9.86. The van der Waals surface area contributed by atoms with Gasteiger partial charge in [-0.2, -0.15) is 0 Å². The predicted octanol–water partition coefficient (Wildman–Crippen LogP) is 4.65. The van der Waals surface area contributed by atoms with E-state index in [0.29, 0.717) is 0 Å². The normalized spacial score (nSPS) is 18.0. The molecule has 0 N–H and O–H groups in total. The first-order chi connectivity index (χ1) is 12.8. The monoisotopic (exact) mass is 369 g/mol. The van der Waals surface area contributed by atoms with Gasteiger partial charge in [0.05, 0.1) is 11.4 Å². The molecule has 2 heterocycles. The number of hydrogen-bond donors (Lipinski definition) is 0. The van der Waals surface area contributed by atoms with Gasteiger partial charge in [-0.25, -0.2) is 0 Å². The highest BCUT2D eigenvalue weighted by molar-refractivity contribution is 6.31. The summed E-state index contributed by atoms with van der Waals surface area (Å²) in [7, 11) is 0. The Bertz CT molecular complexity index is 727. The minimum absolute atomic E-state index is 0.859. The molecule has 0 unspecified atom stereocenters. The Balaban J connectivity index is 1.47. The number of para-hydroxylation sites is 2. The molecule has 2 aliphatic heterocycles. The third kappa shape index (κ3) is 3.99. The van der Waals surface area contributed by atoms with Crippen LogP contribution >= 0.6 is 11.6 Å². The molecule has 4 heteroatoms. The quantitative estimate of drug-likeness (QED) is 0.759. The zero-order valence-corrected chi connectivity index (χ0v) is 16.2. The maximum absolute atomic E-state index is 6.39. The molecule has 1 saturated heterocycles. The van der Waals surface area contributed by atoms with Crippen LogP contribution in [0.4, 0.5) is 11.4 Å². The molecule has 0 radical (unpaired) electrons. The van der Waals surface area contributed by atoms with Gasteiger partial charge in [0.1, 0.15) is 0 Å². The topological polar surface area (TPSA) is 9.72 Å². The third-order valence-corrected chi connectivity index (χ3v) is 6.03. The van der Waals surface area contributed by atoms with Crippen LogP contribution in [0.3, 0.4) is 0 Å². The van der Waals surface area contributed by atoms with Crippen LogP contribution in [0, 0.1) is 0 Å². The third-order valence-electron chi connectivity index (χ3n) is 5.66. The van der Waals surface area contributed by atoms with Crippen molar-refractivity contribution in [1.29, 1.82) is 0 Å². The number of hydrogen-bond acceptors (Lipinski definition) is 3. The summed E-state index contributed by atoms with van der Waals surface area (Å²) in [4.78, 5) is 7.66. The first kappa shape index (κ1) is 17.7. The molecule has 4 rings (SSSR count). The van der Waals surface area contributed by atoms with E-state index in [9.17, 15) is 0 Å². The van der Waals surface area contributed by atoms with Gasteiger partial charge in [-0.15, -0.1) is 0 Å². The predicted molar refractivity (Wildman–Crippen MR) is 111 cm³/mol. The minimum Gasteiger partial charge on any atom is -0.367 e. The fraction of sp³-hybridized carbons (Fsp3) is 0.455. The Labute approximate surface area is 162 Å². The summed E-state index contributed by atoms with van der Waals surface area (Å²) in [5, 5.41) is 0.859. The molecule has 138 valence electrons. The van der Waals surface area contributed by atoms with Crippen LogP contribution in [-0.2, 0) is 6.54 Å². The van der Waals surface area contributed by atoms with Crippen LogP contribution in [-0.4, -0.2) is 44.2 Å². The van der Waals surface area contributed by atoms with E-state index in [1.165, 1.54) is 55.8 Å². The van der Waals surface area contributed by atoms with E-state index < -0.39 is 0 Å². The summed E-state index contributed by atoms with van der Waals surface area (Å²) in [6.45, 7) is 7.84. The van der Waals surface area contributed by atoms with Crippen molar-refractivity contribution in [3.63, 3.8) is 0 Å². The lowest BCUT2D eigenvalue weighted by Gasteiger charge is -2.40. The average molecular weight is 370 g/mol. The van der Waals surface area contributed by atoms with Gasteiger partial charge in [-0.3, -0.25) is 0 Å². The van der Waals surface area contributed by atoms with E-state index in [2.05, 4.69) is 51.1 Å². The largest absolute Gasteiger partial charge is 0.367 e. The van der Waals surface area contributed by atoms with E-state index in [4.69, 9.17) is 11.6 Å². The van der Waals surface area contributed by atoms with Crippen molar-refractivity contribution in [3.05, 3.63) is 59.1 Å². The zero-order chi connectivity index (χ0) is 17.8. The van der Waals surface area contributed by atoms with E-state index in [1.54, 1.807) is 0 Å². The summed E-state index contributed by atoms with van der Waals surface area (Å²) in [6, 6.07) is 17.0. The highest BCUT2D eigenvalue weighted by Gasteiger charge is 2.23. The van der Waals surface area contributed by atoms with E-state index >= 15 is 0 Å². The van der Waals surface area contributed by atoms with E-state index in [-0.39, 0.29) is 0 Å². The summed E-state index contributed by atoms with van der Waals surface area (Å²) >= 11 is 6.39. The van der Waals surface area contributed by atoms with Gasteiger partial charge in [0.15, 0.2) is 0 Å². The molecule has 2 aliphatic rings. The lowest BCUT2D eigenvalue weighted by Crippen LogP contribution is -2.44. The maximum Gasteiger partial charge on any atom is 0.0607 e. The molecule has 0 atom stereocenters. The molecule has 2 aromatic carbocycles. The van der Waals surface area contributed by atoms with Crippen LogP contribution in [0.2, 0.25) is 5.02 Å². The molecule has 0 amide bonds. The zero-order valence-electron chi connectivity index (χ0n) is 15.4. The molecule has 0 spiro atoms. The van der Waals surface area contributed by atoms with Gasteiger partial charge in [0, 0.05) is 37.7 Å². The van der Waals surface area contributed by atoms with Crippen molar-refractivity contribution in [1.82, 2.24) is 4.90 Å². The maximum atomic E-state index is 6.39. The first-order valence-corrected chi connectivity index (χ1v) is 10.2. The second-order valence-electron chi connectivity index (χ2n) is 7.39. The van der Waals surface area contributed by atoms with Crippen LogP contribution in [0.5, 0.6) is 0 Å². The van der Waals surface area contributed by atoms with Crippen LogP contribution < -0.4 is 9.80 Å². The van der Waals surface area contributed by atoms with Crippen molar-refractivity contribution < 1.29 is 0 Å². The Morgan fingerprint density at radius 3 is 2.12 bits per heavy atom. The van der Waals surface area contributed by atoms with E-state index in [1.807, 2.05) is 12.1 Å². The van der Waals surface area contributed by atoms with Gasteiger partial charge in [0.25, 0.3) is 0 Å². The number of benzene rings is 2. The summed E-state index contributed by atoms with van der Waals surface area (Å²) in [5.41, 5.74) is 3.89. The van der Waals surface area contributed by atoms with Crippen LogP contribution in [0.25, 0.3) is 0 Å². The number of likely N-dealkylation sites (tertiary alicyclic amines) is 1. The molecule has 0 saturated carbocycles. The lowest BCUT2D eigenvalue weighted by molar-refractivity contribution is 0.233. The minimum atomic E-state index is 0.859. The molecule has 0 aromatic heterocycles. The Hall–Kier alpha value is -1.71. The van der Waals surface area contributed by atoms with Gasteiger partial charge < -0.3 is 14.7 Å². The fourth-order valence-corrected chi connectivity index (χ4v) is 4.35. The molecule has 1 fully saturated rings. The fourth-order valence-electron chi connectivity index (χ4n) is 4.16. The SMILES string of the molecule is Clc1ccccc1CN1CCN(CCN2CCCCC2)c2ccccc21. The molecule has 26 heavy (non-hydrogen) atoms. The molecular formula is C22H28ClN3. The van der Waals surface area contributed by atoms with Crippen molar-refractivity contribution in [2.45, 2.75) is 25.8 Å². The lowest BCUT2D eigenvalue weighted by atomic mass is 10.1. The number of piperidine rings is 1. The number of halogens is 1. The molecule has 0 bridgehead atoms. The number of rotatable bonds is 5. The summed E-state index contributed by atoms with van der Waals surface area (Å²) in [6.07, 6.45) is 4.13. The highest BCUT2D eigenvalue weighted by Crippen LogP contribution is 2.34. The van der Waals surface area contributed by atoms with Gasteiger partial charge in [-0.1, -0.05) is 48.4 Å². The standard InChI is InChI=1S/C22H28ClN3/c23-20-9-3-2-8-19(20)18-26-17-16-25(21-10-4-5-11-22(21)26)15-14-24-12-6-1-7-13-24/h2-5,8-11H,1,6-7,12-18H2. The van der Waals surface area contributed by atoms with Gasteiger partial charge in [-0.05, 0) is 49.7 Å². The van der Waals surface area contributed by atoms with Gasteiger partial charge >= 0.3 is 0 Å². The summed E-state index contributed by atoms with van der Waals surface area (Å²) in [5.74, 6) is 0. The molecule has 0 aliphatic carbocycles. The summed E-state index contributed by atoms with van der Waals surface area (Å²) < 4.78 is 0. The van der Waals surface area contributed by atoms with Crippen LogP contribution in [0.1, 0.15) is 24.8 Å². The number of fused-ring (bicyclic) bond motifs is 1. The number of anilines is 2. The second kappa shape index (κ2) is 8.32. The van der Waals surface area contributed by atoms with E-state index in [0.717, 1.165) is 31.2 Å². The van der Waals surface area contributed by atoms with Crippen molar-refractivity contribution in [3.8, 4) is 0 Å². The number of nitrogens with zero attached hydrogens (tertiary/aromatic N) is 3. The smallest absolute Gasteiger partial charge is 0.0607 e. The second-order valence-corrected chi connectivity index (χ2v) is 7.80. The van der Waals surface area contributed by atoms with Crippen LogP contribution in [0.15, 0.2) is 48.5 Å². The Kier molecular flexibility index (Phi) is 5.66. The highest BCUT2D eigenvalue weighted by atomic mass is 35.5. The Morgan fingerprint density at radius 2 is 1.35 bits per heavy atom. The molecular weight excluding hydrogens is 342 g/mol. The molecule has 2 aromatic rings. The van der Waals surface area contributed by atoms with Crippen molar-refractivity contribution >= 4 is 23.0 Å². The Morgan fingerprint density at radius 1 is 0.692 bits per heavy atom. The molecule has 3 nitrogen and oxygen atoms in total. The van der Waals surface area contributed by atoms with Crippen molar-refractivity contribution in [2.24, 2.45) is 0 Å². The van der Waals surface area contributed by atoms with Gasteiger partial charge in [0.2, 0.25) is 0 Å².